The molecule has 0 amide bonds. The van der Waals surface area contributed by atoms with Crippen LogP contribution in [0.3, 0.4) is 0 Å². The lowest BCUT2D eigenvalue weighted by molar-refractivity contribution is 0.214. The summed E-state index contributed by atoms with van der Waals surface area (Å²) >= 11 is 0. The largest absolute Gasteiger partial charge is 0.449 e. The monoisotopic (exact) mass is 225 g/mol. The first kappa shape index (κ1) is 11.4. The smallest absolute Gasteiger partial charge is 0.417 e. The molecule has 1 aromatic heterocycles. The van der Waals surface area contributed by atoms with Crippen LogP contribution in [0.25, 0.3) is 0 Å². The molecule has 0 saturated heterocycles. The predicted molar refractivity (Wildman–Crippen MR) is 59.0 cm³/mol. The summed E-state index contributed by atoms with van der Waals surface area (Å²) < 4.78 is 10.2. The first-order valence-corrected chi connectivity index (χ1v) is 6.00. The van der Waals surface area contributed by atoms with E-state index < -0.39 is 5.54 Å². The molecule has 0 unspecified atom stereocenters. The van der Waals surface area contributed by atoms with Crippen LogP contribution < -0.4 is 10.5 Å². The van der Waals surface area contributed by atoms with Crippen LogP contribution in [0.1, 0.15) is 51.3 Å². The Morgan fingerprint density at radius 2 is 2.00 bits per heavy atom. The molecule has 2 N–H and O–H groups in total. The van der Waals surface area contributed by atoms with Crippen molar-refractivity contribution in [2.75, 3.05) is 6.61 Å². The van der Waals surface area contributed by atoms with E-state index in [0.717, 1.165) is 25.7 Å². The fraction of sp³-hybridized carbons (Fsp3) is 0.818. The summed E-state index contributed by atoms with van der Waals surface area (Å²) in [6.07, 6.45) is 6.84. The minimum atomic E-state index is -0.421. The Bertz CT molecular complexity index is 330. The average Bonchev–Trinajstić information content (AvgIpc) is 2.63. The molecule has 0 atom stereocenters. The van der Waals surface area contributed by atoms with E-state index in [0.29, 0.717) is 12.4 Å². The molecule has 1 aliphatic carbocycles. The maximum absolute atomic E-state index is 6.35. The Hall–Kier alpha value is -1.10. The summed E-state index contributed by atoms with van der Waals surface area (Å²) in [5.74, 6) is 0.595. The lowest BCUT2D eigenvalue weighted by atomic mass is 9.91. The van der Waals surface area contributed by atoms with Crippen LogP contribution in [-0.4, -0.2) is 16.7 Å². The normalized spacial score (nSPS) is 20.4. The number of hydrogen-bond donors (Lipinski definition) is 1. The van der Waals surface area contributed by atoms with Crippen LogP contribution in [0.4, 0.5) is 0 Å². The fourth-order valence-corrected chi connectivity index (χ4v) is 2.18. The Morgan fingerprint density at radius 3 is 2.62 bits per heavy atom. The van der Waals surface area contributed by atoms with Crippen LogP contribution in [0.15, 0.2) is 4.52 Å². The van der Waals surface area contributed by atoms with Crippen LogP contribution in [0, 0.1) is 0 Å². The van der Waals surface area contributed by atoms with Gasteiger partial charge >= 0.3 is 6.08 Å². The van der Waals surface area contributed by atoms with Gasteiger partial charge in [-0.25, -0.2) is 0 Å². The van der Waals surface area contributed by atoms with Crippen molar-refractivity contribution >= 4 is 0 Å². The zero-order valence-corrected chi connectivity index (χ0v) is 9.74. The maximum Gasteiger partial charge on any atom is 0.417 e. The van der Waals surface area contributed by atoms with Crippen molar-refractivity contribution in [1.82, 2.24) is 10.1 Å². The van der Waals surface area contributed by atoms with E-state index in [1.807, 2.05) is 6.92 Å². The molecule has 1 fully saturated rings. The third-order valence-corrected chi connectivity index (χ3v) is 3.12. The van der Waals surface area contributed by atoms with Crippen LogP contribution >= 0.6 is 0 Å². The van der Waals surface area contributed by atoms with E-state index in [1.165, 1.54) is 12.8 Å². The van der Waals surface area contributed by atoms with E-state index in [9.17, 15) is 0 Å². The second-order valence-electron chi connectivity index (χ2n) is 4.39. The predicted octanol–water partition coefficient (Wildman–Crippen LogP) is 1.98. The van der Waals surface area contributed by atoms with Crippen molar-refractivity contribution < 1.29 is 9.26 Å². The molecule has 1 aromatic rings. The van der Waals surface area contributed by atoms with Gasteiger partial charge in [-0.3, -0.25) is 4.52 Å². The van der Waals surface area contributed by atoms with Crippen LogP contribution in [0.5, 0.6) is 6.08 Å². The first-order chi connectivity index (χ1) is 7.74. The van der Waals surface area contributed by atoms with E-state index >= 15 is 0 Å². The van der Waals surface area contributed by atoms with Gasteiger partial charge in [-0.15, -0.1) is 0 Å². The molecular weight excluding hydrogens is 206 g/mol. The minimum Gasteiger partial charge on any atom is -0.449 e. The summed E-state index contributed by atoms with van der Waals surface area (Å²) in [6, 6.07) is 0. The summed E-state index contributed by atoms with van der Waals surface area (Å²) in [4.78, 5) is 4.21. The second kappa shape index (κ2) is 4.82. The zero-order valence-electron chi connectivity index (χ0n) is 9.74. The lowest BCUT2D eigenvalue weighted by Gasteiger charge is -2.23. The fourth-order valence-electron chi connectivity index (χ4n) is 2.18. The van der Waals surface area contributed by atoms with Gasteiger partial charge in [-0.05, 0) is 19.8 Å². The quantitative estimate of drug-likeness (QED) is 0.796. The summed E-state index contributed by atoms with van der Waals surface area (Å²) in [5, 5.41) is 3.94. The third-order valence-electron chi connectivity index (χ3n) is 3.12. The minimum absolute atomic E-state index is 0.228. The summed E-state index contributed by atoms with van der Waals surface area (Å²) in [5.41, 5.74) is 5.93. The van der Waals surface area contributed by atoms with Gasteiger partial charge in [0.25, 0.3) is 0 Å². The topological polar surface area (TPSA) is 74.2 Å². The highest BCUT2D eigenvalue weighted by atomic mass is 16.6. The van der Waals surface area contributed by atoms with E-state index in [4.69, 9.17) is 15.0 Å². The molecule has 1 aliphatic rings. The van der Waals surface area contributed by atoms with Gasteiger partial charge in [0.05, 0.1) is 12.1 Å². The Balaban J connectivity index is 2.13. The Kier molecular flexibility index (Phi) is 3.43. The molecule has 2 rings (SSSR count). The van der Waals surface area contributed by atoms with Gasteiger partial charge in [-0.2, -0.15) is 4.98 Å². The van der Waals surface area contributed by atoms with Crippen molar-refractivity contribution in [2.24, 2.45) is 5.73 Å². The first-order valence-electron chi connectivity index (χ1n) is 6.00. The molecule has 5 heteroatoms. The number of nitrogens with zero attached hydrogens (tertiary/aromatic N) is 2. The van der Waals surface area contributed by atoms with Crippen molar-refractivity contribution in [3.63, 3.8) is 0 Å². The number of hydrogen-bond acceptors (Lipinski definition) is 5. The van der Waals surface area contributed by atoms with Gasteiger partial charge in [0.1, 0.15) is 0 Å². The molecule has 1 heterocycles. The number of nitrogens with two attached hydrogens (primary N) is 1. The van der Waals surface area contributed by atoms with Crippen LogP contribution in [0.2, 0.25) is 0 Å². The van der Waals surface area contributed by atoms with Crippen molar-refractivity contribution in [3.05, 3.63) is 5.82 Å². The standard InChI is InChI=1S/C11H19N3O2/c1-2-15-10-13-9(14-16-10)11(12)7-5-3-4-6-8-11/h2-8,12H2,1H3. The number of ether oxygens (including phenoxy) is 1. The molecule has 0 aliphatic heterocycles. The molecule has 90 valence electrons. The van der Waals surface area contributed by atoms with Gasteiger partial charge < -0.3 is 10.5 Å². The summed E-state index contributed by atoms with van der Waals surface area (Å²) in [7, 11) is 0. The number of rotatable bonds is 3. The van der Waals surface area contributed by atoms with Crippen molar-refractivity contribution in [3.8, 4) is 6.08 Å². The van der Waals surface area contributed by atoms with E-state index in [2.05, 4.69) is 10.1 Å². The highest BCUT2D eigenvalue weighted by Gasteiger charge is 2.33. The molecule has 0 radical (unpaired) electrons. The van der Waals surface area contributed by atoms with Gasteiger partial charge in [0, 0.05) is 0 Å². The highest BCUT2D eigenvalue weighted by molar-refractivity contribution is 5.06. The van der Waals surface area contributed by atoms with E-state index in [-0.39, 0.29) is 6.08 Å². The lowest BCUT2D eigenvalue weighted by Crippen LogP contribution is -2.37. The summed E-state index contributed by atoms with van der Waals surface area (Å²) in [6.45, 7) is 2.41. The third kappa shape index (κ3) is 2.35. The van der Waals surface area contributed by atoms with Gasteiger partial charge in [0.15, 0.2) is 5.82 Å². The average molecular weight is 225 g/mol. The Labute approximate surface area is 95.3 Å². The van der Waals surface area contributed by atoms with E-state index in [1.54, 1.807) is 0 Å². The Morgan fingerprint density at radius 1 is 1.31 bits per heavy atom. The molecule has 16 heavy (non-hydrogen) atoms. The van der Waals surface area contributed by atoms with Gasteiger partial charge in [-0.1, -0.05) is 30.8 Å². The second-order valence-corrected chi connectivity index (χ2v) is 4.39. The maximum atomic E-state index is 6.35. The zero-order chi connectivity index (χ0) is 11.4. The number of aromatic nitrogens is 2. The highest BCUT2D eigenvalue weighted by Crippen LogP contribution is 2.32. The van der Waals surface area contributed by atoms with Gasteiger partial charge in [0.2, 0.25) is 0 Å². The molecule has 0 aromatic carbocycles. The van der Waals surface area contributed by atoms with Crippen LogP contribution in [-0.2, 0) is 5.54 Å². The molecule has 0 bridgehead atoms. The van der Waals surface area contributed by atoms with Crippen molar-refractivity contribution in [1.29, 1.82) is 0 Å². The SMILES string of the molecule is CCOc1nc(C2(N)CCCCCC2)no1. The molecular formula is C11H19N3O2. The molecule has 0 spiro atoms. The van der Waals surface area contributed by atoms with Crippen molar-refractivity contribution in [2.45, 2.75) is 51.0 Å². The molecule has 5 nitrogen and oxygen atoms in total. The molecule has 1 saturated carbocycles.